The molecular weight excluding hydrogens is 414 g/mol. The van der Waals surface area contributed by atoms with Gasteiger partial charge >= 0.3 is 0 Å². The number of amides is 2. The van der Waals surface area contributed by atoms with Gasteiger partial charge in [-0.25, -0.2) is 0 Å². The molecule has 172 valence electrons. The zero-order valence-electron chi connectivity index (χ0n) is 19.0. The first-order valence-electron chi connectivity index (χ1n) is 11.4. The Morgan fingerprint density at radius 3 is 2.33 bits per heavy atom. The van der Waals surface area contributed by atoms with Crippen molar-refractivity contribution >= 4 is 11.8 Å². The molecule has 0 unspecified atom stereocenters. The third kappa shape index (κ3) is 8.07. The molecule has 0 radical (unpaired) electrons. The number of carbonyl (C=O) groups excluding carboxylic acids is 2. The quantitative estimate of drug-likeness (QED) is 0.396. The summed E-state index contributed by atoms with van der Waals surface area (Å²) in [6.45, 7) is 2.92. The van der Waals surface area contributed by atoms with Gasteiger partial charge in [-0.2, -0.15) is 0 Å². The summed E-state index contributed by atoms with van der Waals surface area (Å²) in [5.74, 6) is 0.318. The van der Waals surface area contributed by atoms with Crippen LogP contribution in [-0.4, -0.2) is 16.8 Å². The van der Waals surface area contributed by atoms with E-state index in [1.54, 1.807) is 12.4 Å². The number of unbranched alkanes of at least 4 members (excludes halogenated alkanes) is 2. The van der Waals surface area contributed by atoms with Gasteiger partial charge in [0.2, 0.25) is 11.8 Å². The zero-order chi connectivity index (χ0) is 23.3. The summed E-state index contributed by atoms with van der Waals surface area (Å²) in [6, 6.07) is 20.1. The lowest BCUT2D eigenvalue weighted by molar-refractivity contribution is -0.129. The van der Waals surface area contributed by atoms with E-state index in [2.05, 4.69) is 22.5 Å². The summed E-state index contributed by atoms with van der Waals surface area (Å²) in [5, 5.41) is 5.82. The van der Waals surface area contributed by atoms with Crippen LogP contribution in [0, 0.1) is 0 Å². The van der Waals surface area contributed by atoms with Crippen LogP contribution >= 0.6 is 0 Å². The highest BCUT2D eigenvalue weighted by molar-refractivity contribution is 5.88. The molecule has 0 spiro atoms. The summed E-state index contributed by atoms with van der Waals surface area (Å²) >= 11 is 0. The van der Waals surface area contributed by atoms with E-state index in [1.165, 1.54) is 0 Å². The Morgan fingerprint density at radius 1 is 0.909 bits per heavy atom. The third-order valence-electron chi connectivity index (χ3n) is 5.25. The second-order valence-electron chi connectivity index (χ2n) is 7.87. The van der Waals surface area contributed by atoms with E-state index in [-0.39, 0.29) is 11.8 Å². The van der Waals surface area contributed by atoms with Crippen LogP contribution < -0.4 is 15.4 Å². The van der Waals surface area contributed by atoms with Crippen LogP contribution in [0.25, 0.3) is 0 Å². The molecule has 0 fully saturated rings. The van der Waals surface area contributed by atoms with Crippen molar-refractivity contribution in [3.63, 3.8) is 0 Å². The lowest BCUT2D eigenvalue weighted by atomic mass is 10.0. The maximum Gasteiger partial charge on any atom is 0.247 e. The molecule has 0 aliphatic carbocycles. The number of aromatic nitrogens is 1. The van der Waals surface area contributed by atoms with Gasteiger partial charge < -0.3 is 15.4 Å². The third-order valence-corrected chi connectivity index (χ3v) is 5.25. The van der Waals surface area contributed by atoms with Gasteiger partial charge in [-0.15, -0.1) is 0 Å². The fourth-order valence-electron chi connectivity index (χ4n) is 3.36. The summed E-state index contributed by atoms with van der Waals surface area (Å²) in [6.07, 6.45) is 6.60. The van der Waals surface area contributed by atoms with E-state index in [0.717, 1.165) is 30.4 Å². The fourth-order valence-corrected chi connectivity index (χ4v) is 3.36. The minimum atomic E-state index is -0.774. The molecule has 2 amide bonds. The second kappa shape index (κ2) is 13.0. The number of nitrogens with one attached hydrogen (secondary N) is 2. The number of hydrogen-bond donors (Lipinski definition) is 2. The summed E-state index contributed by atoms with van der Waals surface area (Å²) in [4.78, 5) is 29.5. The fraction of sp³-hybridized carbons (Fsp3) is 0.296. The summed E-state index contributed by atoms with van der Waals surface area (Å²) in [7, 11) is 0. The lowest BCUT2D eigenvalue weighted by Gasteiger charge is -2.19. The van der Waals surface area contributed by atoms with Gasteiger partial charge in [0.15, 0.2) is 0 Å². The van der Waals surface area contributed by atoms with E-state index in [1.807, 2.05) is 66.7 Å². The van der Waals surface area contributed by atoms with Crippen molar-refractivity contribution < 1.29 is 14.3 Å². The van der Waals surface area contributed by atoms with Crippen LogP contribution in [0.2, 0.25) is 0 Å². The molecule has 3 rings (SSSR count). The molecule has 1 aromatic heterocycles. The van der Waals surface area contributed by atoms with Gasteiger partial charge in [0.05, 0.1) is 0 Å². The molecule has 0 aliphatic rings. The van der Waals surface area contributed by atoms with Crippen molar-refractivity contribution in [1.29, 1.82) is 0 Å². The van der Waals surface area contributed by atoms with Crippen molar-refractivity contribution in [3.05, 3.63) is 95.8 Å². The van der Waals surface area contributed by atoms with Crippen LogP contribution in [0.15, 0.2) is 79.1 Å². The Hall–Kier alpha value is -3.67. The Morgan fingerprint density at radius 2 is 1.64 bits per heavy atom. The van der Waals surface area contributed by atoms with Crippen molar-refractivity contribution in [2.45, 2.75) is 51.8 Å². The number of rotatable bonds is 12. The first-order valence-corrected chi connectivity index (χ1v) is 11.4. The van der Waals surface area contributed by atoms with Crippen LogP contribution in [-0.2, 0) is 22.7 Å². The van der Waals surface area contributed by atoms with Crippen LogP contribution in [0.1, 0.15) is 55.3 Å². The normalized spacial score (nSPS) is 11.4. The topological polar surface area (TPSA) is 80.3 Å². The first-order chi connectivity index (χ1) is 16.2. The Bertz CT molecular complexity index is 992. The maximum absolute atomic E-state index is 13.0. The van der Waals surface area contributed by atoms with Gasteiger partial charge in [0, 0.05) is 25.4 Å². The molecule has 2 N–H and O–H groups in total. The van der Waals surface area contributed by atoms with Crippen molar-refractivity contribution in [2.24, 2.45) is 0 Å². The molecule has 0 saturated heterocycles. The van der Waals surface area contributed by atoms with Gasteiger partial charge in [-0.05, 0) is 47.4 Å². The average Bonchev–Trinajstić information content (AvgIpc) is 2.86. The molecule has 2 aromatic carbocycles. The minimum absolute atomic E-state index is 0.128. The Labute approximate surface area is 195 Å². The van der Waals surface area contributed by atoms with Gasteiger partial charge in [-0.3, -0.25) is 14.6 Å². The first kappa shape index (κ1) is 24.0. The smallest absolute Gasteiger partial charge is 0.247 e. The number of pyridine rings is 1. The molecular formula is C27H31N3O3. The average molecular weight is 446 g/mol. The van der Waals surface area contributed by atoms with Gasteiger partial charge in [0.1, 0.15) is 18.4 Å². The monoisotopic (exact) mass is 445 g/mol. The number of ether oxygens (including phenoxy) is 1. The van der Waals surface area contributed by atoms with Gasteiger partial charge in [0.25, 0.3) is 0 Å². The van der Waals surface area contributed by atoms with E-state index >= 15 is 0 Å². The minimum Gasteiger partial charge on any atom is -0.489 e. The number of benzene rings is 2. The number of carbonyl (C=O) groups is 2. The Balaban J connectivity index is 1.66. The largest absolute Gasteiger partial charge is 0.489 e. The predicted molar refractivity (Wildman–Crippen MR) is 128 cm³/mol. The van der Waals surface area contributed by atoms with Crippen LogP contribution in [0.4, 0.5) is 0 Å². The SMILES string of the molecule is CCCCCC(=O)N[C@H](C(=O)NCc1ccncc1)c1ccc(OCc2ccccc2)cc1. The summed E-state index contributed by atoms with van der Waals surface area (Å²) < 4.78 is 5.85. The molecule has 0 saturated carbocycles. The maximum atomic E-state index is 13.0. The Kier molecular flexibility index (Phi) is 9.45. The highest BCUT2D eigenvalue weighted by Crippen LogP contribution is 2.20. The lowest BCUT2D eigenvalue weighted by Crippen LogP contribution is -2.40. The molecule has 6 heteroatoms. The van der Waals surface area contributed by atoms with Crippen LogP contribution in [0.3, 0.4) is 0 Å². The number of hydrogen-bond acceptors (Lipinski definition) is 4. The highest BCUT2D eigenvalue weighted by Gasteiger charge is 2.22. The van der Waals surface area contributed by atoms with E-state index in [0.29, 0.717) is 30.9 Å². The standard InChI is InChI=1S/C27H31N3O3/c1-2-3-5-10-25(31)30-26(27(32)29-19-21-15-17-28-18-16-21)23-11-13-24(14-12-23)33-20-22-8-6-4-7-9-22/h4,6-9,11-18,26H,2-3,5,10,19-20H2,1H3,(H,29,32)(H,30,31)/t26-/m0/s1. The summed E-state index contributed by atoms with van der Waals surface area (Å²) in [5.41, 5.74) is 2.73. The zero-order valence-corrected chi connectivity index (χ0v) is 19.0. The molecule has 6 nitrogen and oxygen atoms in total. The van der Waals surface area contributed by atoms with Crippen molar-refractivity contribution in [1.82, 2.24) is 15.6 Å². The molecule has 1 heterocycles. The molecule has 1 atom stereocenters. The predicted octanol–water partition coefficient (Wildman–Crippen LogP) is 4.71. The highest BCUT2D eigenvalue weighted by atomic mass is 16.5. The van der Waals surface area contributed by atoms with Crippen LogP contribution in [0.5, 0.6) is 5.75 Å². The molecule has 33 heavy (non-hydrogen) atoms. The molecule has 3 aromatic rings. The van der Waals surface area contributed by atoms with Gasteiger partial charge in [-0.1, -0.05) is 62.2 Å². The van der Waals surface area contributed by atoms with E-state index < -0.39 is 6.04 Å². The molecule has 0 aliphatic heterocycles. The van der Waals surface area contributed by atoms with E-state index in [4.69, 9.17) is 4.74 Å². The van der Waals surface area contributed by atoms with Crippen molar-refractivity contribution in [3.8, 4) is 5.75 Å². The van der Waals surface area contributed by atoms with E-state index in [9.17, 15) is 9.59 Å². The number of nitrogens with zero attached hydrogens (tertiary/aromatic N) is 1. The van der Waals surface area contributed by atoms with Crippen molar-refractivity contribution in [2.75, 3.05) is 0 Å². The second-order valence-corrected chi connectivity index (χ2v) is 7.87. The molecule has 0 bridgehead atoms.